The van der Waals surface area contributed by atoms with E-state index in [1.807, 2.05) is 43.5 Å². The molecule has 1 fully saturated rings. The van der Waals surface area contributed by atoms with E-state index in [2.05, 4.69) is 5.32 Å². The summed E-state index contributed by atoms with van der Waals surface area (Å²) in [5.41, 5.74) is 2.34. The van der Waals surface area contributed by atoms with Crippen LogP contribution in [-0.2, 0) is 4.79 Å². The topological polar surface area (TPSA) is 58.6 Å². The van der Waals surface area contributed by atoms with Crippen LogP contribution in [0.1, 0.15) is 12.5 Å². The van der Waals surface area contributed by atoms with Gasteiger partial charge in [0.15, 0.2) is 11.5 Å². The number of carbonyl (C=O) groups excluding carboxylic acids is 1. The molecular weight excluding hydrogens is 386 g/mol. The first-order chi connectivity index (χ1) is 12.5. The van der Waals surface area contributed by atoms with E-state index in [0.29, 0.717) is 27.1 Å². The molecule has 0 aromatic heterocycles. The summed E-state index contributed by atoms with van der Waals surface area (Å²) < 4.78 is 6.05. The first-order valence-electron chi connectivity index (χ1n) is 7.91. The van der Waals surface area contributed by atoms with Gasteiger partial charge in [0.2, 0.25) is 0 Å². The Morgan fingerprint density at radius 2 is 2.08 bits per heavy atom. The van der Waals surface area contributed by atoms with Gasteiger partial charge in [0.05, 0.1) is 11.5 Å². The van der Waals surface area contributed by atoms with Crippen molar-refractivity contribution in [1.82, 2.24) is 5.32 Å². The average molecular weight is 404 g/mol. The van der Waals surface area contributed by atoms with Crippen LogP contribution in [-0.4, -0.2) is 28.2 Å². The number of phenolic OH excluding ortho intramolecular Hbond substituents is 1. The maximum absolute atomic E-state index is 12.0. The van der Waals surface area contributed by atoms with Gasteiger partial charge >= 0.3 is 0 Å². The number of ether oxygens (including phenoxy) is 1. The van der Waals surface area contributed by atoms with Crippen LogP contribution in [0, 0.1) is 0 Å². The third-order valence-electron chi connectivity index (χ3n) is 3.73. The molecule has 1 saturated heterocycles. The Morgan fingerprint density at radius 1 is 1.31 bits per heavy atom. The summed E-state index contributed by atoms with van der Waals surface area (Å²) in [6.45, 7) is 2.29. The Bertz CT molecular complexity index is 909. The predicted octanol–water partition coefficient (Wildman–Crippen LogP) is 4.67. The fourth-order valence-corrected chi connectivity index (χ4v) is 4.28. The zero-order valence-corrected chi connectivity index (χ0v) is 16.7. The Morgan fingerprint density at radius 3 is 2.73 bits per heavy atom. The van der Waals surface area contributed by atoms with Crippen molar-refractivity contribution in [3.63, 3.8) is 0 Å². The van der Waals surface area contributed by atoms with Crippen molar-refractivity contribution in [3.8, 4) is 22.6 Å². The number of nitrogens with one attached hydrogen (secondary N) is 1. The molecular formula is C19H17NO3S3. The largest absolute Gasteiger partial charge is 0.504 e. The SMILES string of the molecule is CCOc1cc(C=C2SC(=S)NC2=O)cc(-c2ccccc2SC)c1O. The Labute approximate surface area is 166 Å². The molecule has 3 rings (SSSR count). The summed E-state index contributed by atoms with van der Waals surface area (Å²) in [7, 11) is 0. The van der Waals surface area contributed by atoms with Crippen molar-refractivity contribution in [3.05, 3.63) is 46.9 Å². The summed E-state index contributed by atoms with van der Waals surface area (Å²) in [4.78, 5) is 13.5. The lowest BCUT2D eigenvalue weighted by molar-refractivity contribution is -0.115. The highest BCUT2D eigenvalue weighted by atomic mass is 32.2. The normalized spacial score (nSPS) is 15.4. The molecule has 2 aromatic carbocycles. The van der Waals surface area contributed by atoms with E-state index in [1.54, 1.807) is 23.9 Å². The van der Waals surface area contributed by atoms with Crippen LogP contribution in [0.15, 0.2) is 46.2 Å². The van der Waals surface area contributed by atoms with Gasteiger partial charge in [-0.1, -0.05) is 42.2 Å². The van der Waals surface area contributed by atoms with E-state index in [4.69, 9.17) is 17.0 Å². The summed E-state index contributed by atoms with van der Waals surface area (Å²) in [6.07, 6.45) is 3.75. The van der Waals surface area contributed by atoms with Crippen LogP contribution < -0.4 is 10.1 Å². The number of hydrogen-bond donors (Lipinski definition) is 2. The second-order valence-electron chi connectivity index (χ2n) is 5.40. The van der Waals surface area contributed by atoms with E-state index in [9.17, 15) is 9.90 Å². The van der Waals surface area contributed by atoms with E-state index in [-0.39, 0.29) is 11.7 Å². The molecule has 1 amide bonds. The highest BCUT2D eigenvalue weighted by Crippen LogP contribution is 2.42. The van der Waals surface area contributed by atoms with E-state index in [0.717, 1.165) is 16.0 Å². The van der Waals surface area contributed by atoms with Gasteiger partial charge in [-0.15, -0.1) is 11.8 Å². The minimum absolute atomic E-state index is 0.0922. The molecule has 0 saturated carbocycles. The fraction of sp³-hybridized carbons (Fsp3) is 0.158. The molecule has 2 N–H and O–H groups in total. The third kappa shape index (κ3) is 3.90. The average Bonchev–Trinajstić information content (AvgIpc) is 2.95. The van der Waals surface area contributed by atoms with Crippen LogP contribution in [0.25, 0.3) is 17.2 Å². The Hall–Kier alpha value is -1.96. The highest BCUT2D eigenvalue weighted by Gasteiger charge is 2.23. The molecule has 0 radical (unpaired) electrons. The number of hydrogen-bond acceptors (Lipinski definition) is 6. The Kier molecular flexibility index (Phi) is 5.90. The van der Waals surface area contributed by atoms with Crippen LogP contribution >= 0.6 is 35.7 Å². The van der Waals surface area contributed by atoms with Gasteiger partial charge in [-0.25, -0.2) is 0 Å². The number of rotatable bonds is 5. The van der Waals surface area contributed by atoms with Gasteiger partial charge in [0.1, 0.15) is 4.32 Å². The van der Waals surface area contributed by atoms with Gasteiger partial charge in [-0.2, -0.15) is 0 Å². The number of thioether (sulfide) groups is 2. The predicted molar refractivity (Wildman–Crippen MR) is 113 cm³/mol. The molecule has 0 bridgehead atoms. The number of benzene rings is 2. The molecule has 1 aliphatic rings. The van der Waals surface area contributed by atoms with Gasteiger partial charge < -0.3 is 15.2 Å². The van der Waals surface area contributed by atoms with Crippen molar-refractivity contribution in [2.24, 2.45) is 0 Å². The molecule has 1 aliphatic heterocycles. The lowest BCUT2D eigenvalue weighted by Gasteiger charge is -2.14. The van der Waals surface area contributed by atoms with Gasteiger partial charge in [0.25, 0.3) is 5.91 Å². The van der Waals surface area contributed by atoms with Crippen molar-refractivity contribution in [2.75, 3.05) is 12.9 Å². The number of thiocarbonyl (C=S) groups is 1. The summed E-state index contributed by atoms with van der Waals surface area (Å²) in [5, 5.41) is 13.3. The number of aromatic hydroxyl groups is 1. The monoisotopic (exact) mass is 403 g/mol. The molecule has 1 heterocycles. The van der Waals surface area contributed by atoms with Crippen molar-refractivity contribution < 1.29 is 14.6 Å². The lowest BCUT2D eigenvalue weighted by atomic mass is 10.0. The molecule has 0 atom stereocenters. The van der Waals surface area contributed by atoms with Crippen molar-refractivity contribution >= 4 is 52.0 Å². The first-order valence-corrected chi connectivity index (χ1v) is 10.4. The summed E-state index contributed by atoms with van der Waals surface area (Å²) >= 11 is 7.87. The van der Waals surface area contributed by atoms with Crippen LogP contribution in [0.3, 0.4) is 0 Å². The van der Waals surface area contributed by atoms with Crippen molar-refractivity contribution in [2.45, 2.75) is 11.8 Å². The molecule has 7 heteroatoms. The van der Waals surface area contributed by atoms with Crippen LogP contribution in [0.2, 0.25) is 0 Å². The lowest BCUT2D eigenvalue weighted by Crippen LogP contribution is -2.17. The first kappa shape index (κ1) is 18.8. The summed E-state index contributed by atoms with van der Waals surface area (Å²) in [5.74, 6) is 0.269. The van der Waals surface area contributed by atoms with E-state index >= 15 is 0 Å². The van der Waals surface area contributed by atoms with Crippen molar-refractivity contribution in [1.29, 1.82) is 0 Å². The van der Waals surface area contributed by atoms with E-state index < -0.39 is 0 Å². The Balaban J connectivity index is 2.15. The van der Waals surface area contributed by atoms with Gasteiger partial charge in [-0.3, -0.25) is 4.79 Å². The second kappa shape index (κ2) is 8.16. The number of amides is 1. The molecule has 26 heavy (non-hydrogen) atoms. The smallest absolute Gasteiger partial charge is 0.263 e. The fourth-order valence-electron chi connectivity index (χ4n) is 2.62. The molecule has 2 aromatic rings. The second-order valence-corrected chi connectivity index (χ2v) is 7.97. The molecule has 134 valence electrons. The molecule has 0 spiro atoms. The number of phenols is 1. The standard InChI is InChI=1S/C19H17NO3S3/c1-3-23-14-9-11(10-16-18(22)20-19(24)26-16)8-13(17(14)21)12-6-4-5-7-15(12)25-2/h4-10,21H,3H2,1-2H3,(H,20,22,24). The van der Waals surface area contributed by atoms with Gasteiger partial charge in [-0.05, 0) is 48.6 Å². The van der Waals surface area contributed by atoms with Crippen LogP contribution in [0.5, 0.6) is 11.5 Å². The summed E-state index contributed by atoms with van der Waals surface area (Å²) in [6, 6.07) is 11.4. The molecule has 4 nitrogen and oxygen atoms in total. The zero-order chi connectivity index (χ0) is 18.7. The van der Waals surface area contributed by atoms with Crippen LogP contribution in [0.4, 0.5) is 0 Å². The van der Waals surface area contributed by atoms with E-state index in [1.165, 1.54) is 11.8 Å². The molecule has 0 unspecified atom stereocenters. The quantitative estimate of drug-likeness (QED) is 0.430. The zero-order valence-electron chi connectivity index (χ0n) is 14.2. The molecule has 0 aliphatic carbocycles. The minimum atomic E-state index is -0.211. The maximum atomic E-state index is 12.0. The minimum Gasteiger partial charge on any atom is -0.504 e. The van der Waals surface area contributed by atoms with Gasteiger partial charge in [0, 0.05) is 10.5 Å². The third-order valence-corrected chi connectivity index (χ3v) is 5.69. The number of carbonyl (C=O) groups is 1. The highest BCUT2D eigenvalue weighted by molar-refractivity contribution is 8.26. The maximum Gasteiger partial charge on any atom is 0.263 e.